The molecule has 1 aromatic heterocycles. The van der Waals surface area contributed by atoms with Crippen LogP contribution in [0.4, 0.5) is 5.82 Å². The van der Waals surface area contributed by atoms with Gasteiger partial charge in [-0.1, -0.05) is 6.92 Å². The van der Waals surface area contributed by atoms with Crippen LogP contribution in [-0.2, 0) is 10.6 Å². The van der Waals surface area contributed by atoms with E-state index in [0.717, 1.165) is 43.2 Å². The van der Waals surface area contributed by atoms with Gasteiger partial charge in [0, 0.05) is 24.3 Å². The van der Waals surface area contributed by atoms with Crippen molar-refractivity contribution < 1.29 is 4.74 Å². The van der Waals surface area contributed by atoms with Gasteiger partial charge in [-0.2, -0.15) is 0 Å². The summed E-state index contributed by atoms with van der Waals surface area (Å²) in [7, 11) is 0. The molecule has 3 nitrogen and oxygen atoms in total. The number of alkyl halides is 1. The summed E-state index contributed by atoms with van der Waals surface area (Å²) in [5, 5.41) is 0. The molecule has 1 atom stereocenters. The first-order valence-corrected chi connectivity index (χ1v) is 7.08. The SMILES string of the molecule is CCC1CN(c2nc(C)cc(C)c2CCl)CCO1. The van der Waals surface area contributed by atoms with Crippen LogP contribution in [0.2, 0.25) is 0 Å². The number of rotatable bonds is 3. The highest BCUT2D eigenvalue weighted by molar-refractivity contribution is 6.17. The van der Waals surface area contributed by atoms with E-state index in [4.69, 9.17) is 16.3 Å². The van der Waals surface area contributed by atoms with Gasteiger partial charge in [-0.25, -0.2) is 4.98 Å². The predicted octanol–water partition coefficient (Wildman–Crippen LogP) is 3.05. The summed E-state index contributed by atoms with van der Waals surface area (Å²) in [5.41, 5.74) is 3.43. The Labute approximate surface area is 114 Å². The van der Waals surface area contributed by atoms with E-state index in [9.17, 15) is 0 Å². The molecule has 100 valence electrons. The maximum absolute atomic E-state index is 6.08. The first kappa shape index (κ1) is 13.6. The molecule has 1 aliphatic rings. The Hall–Kier alpha value is -0.800. The zero-order valence-electron chi connectivity index (χ0n) is 11.4. The fourth-order valence-corrected chi connectivity index (χ4v) is 2.76. The molecule has 0 radical (unpaired) electrons. The molecule has 0 aromatic carbocycles. The molecule has 1 aliphatic heterocycles. The summed E-state index contributed by atoms with van der Waals surface area (Å²) < 4.78 is 5.71. The molecule has 0 spiro atoms. The molecule has 0 amide bonds. The first-order chi connectivity index (χ1) is 8.65. The first-order valence-electron chi connectivity index (χ1n) is 6.55. The van der Waals surface area contributed by atoms with Crippen molar-refractivity contribution >= 4 is 17.4 Å². The van der Waals surface area contributed by atoms with Crippen molar-refractivity contribution in [2.24, 2.45) is 0 Å². The average molecular weight is 269 g/mol. The quantitative estimate of drug-likeness (QED) is 0.788. The van der Waals surface area contributed by atoms with Crippen LogP contribution < -0.4 is 4.90 Å². The summed E-state index contributed by atoms with van der Waals surface area (Å²) >= 11 is 6.08. The van der Waals surface area contributed by atoms with E-state index in [2.05, 4.69) is 29.8 Å². The van der Waals surface area contributed by atoms with Gasteiger partial charge in [-0.05, 0) is 31.9 Å². The largest absolute Gasteiger partial charge is 0.375 e. The second-order valence-corrected chi connectivity index (χ2v) is 5.13. The number of pyridine rings is 1. The summed E-state index contributed by atoms with van der Waals surface area (Å²) in [4.78, 5) is 7.00. The number of hydrogen-bond donors (Lipinski definition) is 0. The standard InChI is InChI=1S/C14H21ClN2O/c1-4-12-9-17(5-6-18-12)14-13(8-15)10(2)7-11(3)16-14/h7,12H,4-6,8-9H2,1-3H3. The number of anilines is 1. The minimum Gasteiger partial charge on any atom is -0.375 e. The molecule has 1 saturated heterocycles. The van der Waals surface area contributed by atoms with Gasteiger partial charge >= 0.3 is 0 Å². The van der Waals surface area contributed by atoms with Gasteiger partial charge in [-0.15, -0.1) is 11.6 Å². The van der Waals surface area contributed by atoms with Gasteiger partial charge in [0.1, 0.15) is 5.82 Å². The molecule has 4 heteroatoms. The molecule has 0 N–H and O–H groups in total. The van der Waals surface area contributed by atoms with E-state index < -0.39 is 0 Å². The minimum absolute atomic E-state index is 0.310. The fourth-order valence-electron chi connectivity index (χ4n) is 2.43. The van der Waals surface area contributed by atoms with Gasteiger partial charge in [0.05, 0.1) is 18.6 Å². The van der Waals surface area contributed by atoms with E-state index in [1.54, 1.807) is 0 Å². The van der Waals surface area contributed by atoms with Crippen molar-refractivity contribution in [1.29, 1.82) is 0 Å². The molecule has 2 heterocycles. The molecule has 18 heavy (non-hydrogen) atoms. The molecule has 0 saturated carbocycles. The van der Waals surface area contributed by atoms with Gasteiger partial charge in [-0.3, -0.25) is 0 Å². The highest BCUT2D eigenvalue weighted by atomic mass is 35.5. The smallest absolute Gasteiger partial charge is 0.133 e. The third-order valence-corrected chi connectivity index (χ3v) is 3.75. The van der Waals surface area contributed by atoms with Gasteiger partial charge < -0.3 is 9.64 Å². The monoisotopic (exact) mass is 268 g/mol. The number of nitrogens with zero attached hydrogens (tertiary/aromatic N) is 2. The van der Waals surface area contributed by atoms with Crippen molar-refractivity contribution in [2.75, 3.05) is 24.6 Å². The fraction of sp³-hybridized carbons (Fsp3) is 0.643. The Kier molecular flexibility index (Phi) is 4.46. The molecular formula is C14H21ClN2O. The lowest BCUT2D eigenvalue weighted by Gasteiger charge is -2.34. The Morgan fingerprint density at radius 2 is 2.28 bits per heavy atom. The lowest BCUT2D eigenvalue weighted by atomic mass is 10.1. The van der Waals surface area contributed by atoms with Crippen LogP contribution in [0.15, 0.2) is 6.07 Å². The van der Waals surface area contributed by atoms with Crippen molar-refractivity contribution in [2.45, 2.75) is 39.2 Å². The van der Waals surface area contributed by atoms with Crippen molar-refractivity contribution in [3.8, 4) is 0 Å². The molecule has 0 aliphatic carbocycles. The van der Waals surface area contributed by atoms with E-state index in [1.165, 1.54) is 5.56 Å². The van der Waals surface area contributed by atoms with Crippen LogP contribution in [0.1, 0.15) is 30.2 Å². The molecule has 1 fully saturated rings. The second kappa shape index (κ2) is 5.89. The van der Waals surface area contributed by atoms with E-state index in [-0.39, 0.29) is 0 Å². The van der Waals surface area contributed by atoms with Crippen LogP contribution in [0.5, 0.6) is 0 Å². The Morgan fingerprint density at radius 1 is 1.50 bits per heavy atom. The zero-order valence-corrected chi connectivity index (χ0v) is 12.1. The third kappa shape index (κ3) is 2.78. The van der Waals surface area contributed by atoms with Crippen LogP contribution >= 0.6 is 11.6 Å². The minimum atomic E-state index is 0.310. The Balaban J connectivity index is 2.31. The topological polar surface area (TPSA) is 25.4 Å². The molecular weight excluding hydrogens is 248 g/mol. The summed E-state index contributed by atoms with van der Waals surface area (Å²) in [6, 6.07) is 2.10. The molecule has 0 bridgehead atoms. The van der Waals surface area contributed by atoms with Gasteiger partial charge in [0.15, 0.2) is 0 Å². The average Bonchev–Trinajstić information content (AvgIpc) is 2.38. The predicted molar refractivity (Wildman–Crippen MR) is 75.5 cm³/mol. The van der Waals surface area contributed by atoms with Crippen molar-refractivity contribution in [3.63, 3.8) is 0 Å². The number of halogens is 1. The second-order valence-electron chi connectivity index (χ2n) is 4.86. The number of aromatic nitrogens is 1. The number of morpholine rings is 1. The van der Waals surface area contributed by atoms with Gasteiger partial charge in [0.25, 0.3) is 0 Å². The highest BCUT2D eigenvalue weighted by Gasteiger charge is 2.22. The lowest BCUT2D eigenvalue weighted by molar-refractivity contribution is 0.0381. The van der Waals surface area contributed by atoms with E-state index >= 15 is 0 Å². The molecule has 1 unspecified atom stereocenters. The van der Waals surface area contributed by atoms with Crippen molar-refractivity contribution in [3.05, 3.63) is 22.9 Å². The maximum Gasteiger partial charge on any atom is 0.133 e. The lowest BCUT2D eigenvalue weighted by Crippen LogP contribution is -2.43. The highest BCUT2D eigenvalue weighted by Crippen LogP contribution is 2.26. The van der Waals surface area contributed by atoms with E-state index in [0.29, 0.717) is 12.0 Å². The summed E-state index contributed by atoms with van der Waals surface area (Å²) in [5.74, 6) is 1.56. The van der Waals surface area contributed by atoms with E-state index in [1.807, 2.05) is 6.92 Å². The van der Waals surface area contributed by atoms with Crippen LogP contribution in [-0.4, -0.2) is 30.8 Å². The Bertz CT molecular complexity index is 423. The van der Waals surface area contributed by atoms with Crippen LogP contribution in [0, 0.1) is 13.8 Å². The summed E-state index contributed by atoms with van der Waals surface area (Å²) in [6.07, 6.45) is 1.35. The molecule has 2 rings (SSSR count). The zero-order chi connectivity index (χ0) is 13.1. The van der Waals surface area contributed by atoms with Crippen LogP contribution in [0.25, 0.3) is 0 Å². The molecule has 1 aromatic rings. The van der Waals surface area contributed by atoms with Gasteiger partial charge in [0.2, 0.25) is 0 Å². The number of hydrogen-bond acceptors (Lipinski definition) is 3. The summed E-state index contributed by atoms with van der Waals surface area (Å²) in [6.45, 7) is 8.88. The third-order valence-electron chi connectivity index (χ3n) is 3.48. The Morgan fingerprint density at radius 3 is 2.94 bits per heavy atom. The normalized spacial score (nSPS) is 20.2. The number of aryl methyl sites for hydroxylation is 2. The van der Waals surface area contributed by atoms with Crippen LogP contribution in [0.3, 0.4) is 0 Å². The maximum atomic E-state index is 6.08. The van der Waals surface area contributed by atoms with Crippen molar-refractivity contribution in [1.82, 2.24) is 4.98 Å². The number of ether oxygens (including phenoxy) is 1.